The van der Waals surface area contributed by atoms with Crippen LogP contribution in [0.4, 0.5) is 0 Å². The van der Waals surface area contributed by atoms with Crippen molar-refractivity contribution in [3.8, 4) is 0 Å². The van der Waals surface area contributed by atoms with E-state index in [1.54, 1.807) is 0 Å². The highest BCUT2D eigenvalue weighted by Gasteiger charge is 2.28. The summed E-state index contributed by atoms with van der Waals surface area (Å²) in [4.78, 5) is 0. The minimum Gasteiger partial charge on any atom is -0.396 e. The van der Waals surface area contributed by atoms with Gasteiger partial charge in [0.15, 0.2) is 0 Å². The number of aromatic nitrogens is 2. The van der Waals surface area contributed by atoms with Gasteiger partial charge >= 0.3 is 0 Å². The molecular weight excluding hydrogens is 224 g/mol. The molecule has 0 saturated carbocycles. The largest absolute Gasteiger partial charge is 0.396 e. The van der Waals surface area contributed by atoms with E-state index >= 15 is 0 Å². The first-order valence-electron chi connectivity index (χ1n) is 7.25. The Morgan fingerprint density at radius 1 is 1.33 bits per heavy atom. The molecule has 0 spiro atoms. The van der Waals surface area contributed by atoms with Gasteiger partial charge in [0.2, 0.25) is 0 Å². The molecular formula is C15H28N2O. The van der Waals surface area contributed by atoms with Crippen LogP contribution in [0.2, 0.25) is 0 Å². The fourth-order valence-electron chi connectivity index (χ4n) is 2.59. The molecule has 0 aliphatic heterocycles. The van der Waals surface area contributed by atoms with E-state index in [9.17, 15) is 5.11 Å². The first kappa shape index (κ1) is 15.2. The maximum Gasteiger partial charge on any atom is 0.0596 e. The summed E-state index contributed by atoms with van der Waals surface area (Å²) >= 11 is 0. The summed E-state index contributed by atoms with van der Waals surface area (Å²) < 4.78 is 2.07. The summed E-state index contributed by atoms with van der Waals surface area (Å²) in [6, 6.07) is 2.16. The summed E-state index contributed by atoms with van der Waals surface area (Å²) in [5, 5.41) is 14.3. The van der Waals surface area contributed by atoms with Gasteiger partial charge in [-0.25, -0.2) is 0 Å². The van der Waals surface area contributed by atoms with Gasteiger partial charge in [0.1, 0.15) is 0 Å². The van der Waals surface area contributed by atoms with Gasteiger partial charge in [-0.3, -0.25) is 4.68 Å². The van der Waals surface area contributed by atoms with Crippen molar-refractivity contribution in [2.24, 2.45) is 5.41 Å². The molecule has 1 unspecified atom stereocenters. The van der Waals surface area contributed by atoms with Gasteiger partial charge in [0, 0.05) is 18.8 Å². The van der Waals surface area contributed by atoms with E-state index in [1.165, 1.54) is 18.5 Å². The van der Waals surface area contributed by atoms with E-state index in [0.717, 1.165) is 31.5 Å². The third-order valence-corrected chi connectivity index (χ3v) is 3.99. The molecule has 0 aromatic carbocycles. The SMILES string of the molecule is CCCCC(CC)(CO)Cc1cc(C)nn1CC. The van der Waals surface area contributed by atoms with Gasteiger partial charge in [-0.1, -0.05) is 26.7 Å². The van der Waals surface area contributed by atoms with E-state index < -0.39 is 0 Å². The zero-order chi connectivity index (χ0) is 13.6. The monoisotopic (exact) mass is 252 g/mol. The van der Waals surface area contributed by atoms with Gasteiger partial charge in [0.05, 0.1) is 5.69 Å². The predicted molar refractivity (Wildman–Crippen MR) is 75.7 cm³/mol. The average Bonchev–Trinajstić information content (AvgIpc) is 2.74. The third-order valence-electron chi connectivity index (χ3n) is 3.99. The van der Waals surface area contributed by atoms with Crippen LogP contribution in [0.5, 0.6) is 0 Å². The highest BCUT2D eigenvalue weighted by atomic mass is 16.3. The molecule has 0 bridgehead atoms. The Balaban J connectivity index is 2.87. The first-order chi connectivity index (χ1) is 8.60. The Morgan fingerprint density at radius 3 is 2.56 bits per heavy atom. The van der Waals surface area contributed by atoms with Gasteiger partial charge in [-0.15, -0.1) is 0 Å². The molecule has 104 valence electrons. The molecule has 0 fully saturated rings. The van der Waals surface area contributed by atoms with Crippen molar-refractivity contribution in [1.82, 2.24) is 9.78 Å². The van der Waals surface area contributed by atoms with Crippen molar-refractivity contribution in [3.05, 3.63) is 17.5 Å². The van der Waals surface area contributed by atoms with Gasteiger partial charge in [-0.05, 0) is 44.6 Å². The molecule has 1 heterocycles. The molecule has 1 N–H and O–H groups in total. The van der Waals surface area contributed by atoms with Crippen molar-refractivity contribution in [3.63, 3.8) is 0 Å². The zero-order valence-corrected chi connectivity index (χ0v) is 12.4. The van der Waals surface area contributed by atoms with E-state index in [0.29, 0.717) is 0 Å². The lowest BCUT2D eigenvalue weighted by molar-refractivity contribution is 0.105. The topological polar surface area (TPSA) is 38.1 Å². The van der Waals surface area contributed by atoms with Crippen LogP contribution in [0.15, 0.2) is 6.07 Å². The van der Waals surface area contributed by atoms with Crippen molar-refractivity contribution < 1.29 is 5.11 Å². The fraction of sp³-hybridized carbons (Fsp3) is 0.800. The number of unbranched alkanes of at least 4 members (excludes halogenated alkanes) is 1. The standard InChI is InChI=1S/C15H28N2O/c1-5-8-9-15(6-2,12-18)11-14-10-13(4)16-17(14)7-3/h10,18H,5-9,11-12H2,1-4H3. The molecule has 0 amide bonds. The van der Waals surface area contributed by atoms with Crippen LogP contribution in [0, 0.1) is 12.3 Å². The average molecular weight is 252 g/mol. The van der Waals surface area contributed by atoms with E-state index in [4.69, 9.17) is 0 Å². The Morgan fingerprint density at radius 2 is 2.06 bits per heavy atom. The Labute approximate surface area is 111 Å². The first-order valence-corrected chi connectivity index (χ1v) is 7.25. The van der Waals surface area contributed by atoms with Gasteiger partial charge in [-0.2, -0.15) is 5.10 Å². The minimum atomic E-state index is 0.0371. The quantitative estimate of drug-likeness (QED) is 0.770. The molecule has 1 rings (SSSR count). The normalized spacial score (nSPS) is 14.7. The second-order valence-electron chi connectivity index (χ2n) is 5.38. The maximum atomic E-state index is 9.81. The summed E-state index contributed by atoms with van der Waals surface area (Å²) in [5.74, 6) is 0. The van der Waals surface area contributed by atoms with Crippen molar-refractivity contribution in [1.29, 1.82) is 0 Å². The van der Waals surface area contributed by atoms with E-state index in [1.807, 2.05) is 6.92 Å². The Hall–Kier alpha value is -0.830. The van der Waals surface area contributed by atoms with Gasteiger partial charge in [0.25, 0.3) is 0 Å². The Bertz CT molecular complexity index is 353. The maximum absolute atomic E-state index is 9.81. The zero-order valence-electron chi connectivity index (χ0n) is 12.4. The number of nitrogens with zero attached hydrogens (tertiary/aromatic N) is 2. The van der Waals surface area contributed by atoms with E-state index in [-0.39, 0.29) is 12.0 Å². The third kappa shape index (κ3) is 3.58. The minimum absolute atomic E-state index is 0.0371. The molecule has 0 saturated heterocycles. The lowest BCUT2D eigenvalue weighted by atomic mass is 9.77. The van der Waals surface area contributed by atoms with Crippen LogP contribution >= 0.6 is 0 Å². The molecule has 1 atom stereocenters. The summed E-state index contributed by atoms with van der Waals surface area (Å²) in [5.41, 5.74) is 2.38. The summed E-state index contributed by atoms with van der Waals surface area (Å²) in [6.45, 7) is 9.73. The molecule has 3 nitrogen and oxygen atoms in total. The fourth-order valence-corrected chi connectivity index (χ4v) is 2.59. The molecule has 0 aliphatic rings. The summed E-state index contributed by atoms with van der Waals surface area (Å²) in [6.07, 6.45) is 5.44. The van der Waals surface area contributed by atoms with Crippen LogP contribution in [0.3, 0.4) is 0 Å². The highest BCUT2D eigenvalue weighted by molar-refractivity contribution is 5.11. The van der Waals surface area contributed by atoms with Crippen LogP contribution in [0.25, 0.3) is 0 Å². The van der Waals surface area contributed by atoms with E-state index in [2.05, 4.69) is 36.6 Å². The smallest absolute Gasteiger partial charge is 0.0596 e. The second kappa shape index (κ2) is 6.93. The molecule has 3 heteroatoms. The van der Waals surface area contributed by atoms with Crippen molar-refractivity contribution in [2.75, 3.05) is 6.61 Å². The highest BCUT2D eigenvalue weighted by Crippen LogP contribution is 2.32. The number of aliphatic hydroxyl groups excluding tert-OH is 1. The van der Waals surface area contributed by atoms with Crippen molar-refractivity contribution >= 4 is 0 Å². The molecule has 1 aromatic rings. The Kier molecular flexibility index (Phi) is 5.86. The number of aryl methyl sites for hydroxylation is 2. The van der Waals surface area contributed by atoms with Crippen molar-refractivity contribution in [2.45, 2.75) is 66.3 Å². The van der Waals surface area contributed by atoms with Crippen LogP contribution in [-0.2, 0) is 13.0 Å². The lowest BCUT2D eigenvalue weighted by Crippen LogP contribution is -2.28. The lowest BCUT2D eigenvalue weighted by Gasteiger charge is -2.31. The molecule has 1 aromatic heterocycles. The number of aliphatic hydroxyl groups is 1. The number of rotatable bonds is 8. The summed E-state index contributed by atoms with van der Waals surface area (Å²) in [7, 11) is 0. The molecule has 0 radical (unpaired) electrons. The number of hydrogen-bond donors (Lipinski definition) is 1. The van der Waals surface area contributed by atoms with Crippen LogP contribution < -0.4 is 0 Å². The second-order valence-corrected chi connectivity index (χ2v) is 5.38. The molecule has 18 heavy (non-hydrogen) atoms. The predicted octanol–water partition coefficient (Wildman–Crippen LogP) is 3.33. The van der Waals surface area contributed by atoms with Crippen LogP contribution in [0.1, 0.15) is 57.8 Å². The van der Waals surface area contributed by atoms with Crippen LogP contribution in [-0.4, -0.2) is 21.5 Å². The number of hydrogen-bond acceptors (Lipinski definition) is 2. The molecule has 0 aliphatic carbocycles. The van der Waals surface area contributed by atoms with Gasteiger partial charge < -0.3 is 5.11 Å².